The number of hydrogen-bond acceptors (Lipinski definition) is 3. The molecular formula is C13H19BrO2S. The monoisotopic (exact) mass is 318 g/mol. The number of rotatable bonds is 8. The van der Waals surface area contributed by atoms with Gasteiger partial charge in [-0.3, -0.25) is 0 Å². The van der Waals surface area contributed by atoms with E-state index in [9.17, 15) is 5.11 Å². The second-order valence-electron chi connectivity index (χ2n) is 3.84. The van der Waals surface area contributed by atoms with Crippen LogP contribution in [0.5, 0.6) is 0 Å². The van der Waals surface area contributed by atoms with Crippen molar-refractivity contribution in [2.45, 2.75) is 30.3 Å². The highest BCUT2D eigenvalue weighted by atomic mass is 79.9. The van der Waals surface area contributed by atoms with Crippen LogP contribution < -0.4 is 0 Å². The normalized spacial score (nSPS) is 12.6. The minimum Gasteiger partial charge on any atom is -0.396 e. The Hall–Kier alpha value is -0.0300. The summed E-state index contributed by atoms with van der Waals surface area (Å²) in [5, 5.41) is 19.6. The van der Waals surface area contributed by atoms with E-state index in [1.807, 2.05) is 23.9 Å². The van der Waals surface area contributed by atoms with E-state index in [1.54, 1.807) is 0 Å². The fraction of sp³-hybridized carbons (Fsp3) is 0.538. The summed E-state index contributed by atoms with van der Waals surface area (Å²) in [7, 11) is 0. The minimum atomic E-state index is -0.455. The Morgan fingerprint density at radius 3 is 2.47 bits per heavy atom. The molecule has 0 radical (unpaired) electrons. The zero-order valence-corrected chi connectivity index (χ0v) is 12.2. The predicted molar refractivity (Wildman–Crippen MR) is 76.9 cm³/mol. The maximum Gasteiger partial charge on any atom is 0.0790 e. The van der Waals surface area contributed by atoms with Crippen molar-refractivity contribution < 1.29 is 10.2 Å². The van der Waals surface area contributed by atoms with Crippen molar-refractivity contribution in [1.82, 2.24) is 0 Å². The second-order valence-corrected chi connectivity index (χ2v) is 5.80. The topological polar surface area (TPSA) is 40.5 Å². The zero-order chi connectivity index (χ0) is 12.5. The molecule has 0 aliphatic heterocycles. The molecule has 0 heterocycles. The first-order valence-electron chi connectivity index (χ1n) is 5.85. The molecule has 1 rings (SSSR count). The van der Waals surface area contributed by atoms with Crippen LogP contribution >= 0.6 is 27.7 Å². The highest BCUT2D eigenvalue weighted by Gasteiger charge is 2.06. The van der Waals surface area contributed by atoms with E-state index in [1.165, 1.54) is 4.90 Å². The molecule has 0 saturated heterocycles. The number of halogens is 1. The van der Waals surface area contributed by atoms with E-state index in [4.69, 9.17) is 5.11 Å². The van der Waals surface area contributed by atoms with Gasteiger partial charge in [0.15, 0.2) is 0 Å². The summed E-state index contributed by atoms with van der Waals surface area (Å²) in [6, 6.07) is 8.05. The highest BCUT2D eigenvalue weighted by Crippen LogP contribution is 2.23. The molecule has 1 aromatic carbocycles. The van der Waals surface area contributed by atoms with Crippen LogP contribution in [-0.2, 0) is 0 Å². The molecule has 1 atom stereocenters. The molecule has 2 nitrogen and oxygen atoms in total. The third-order valence-electron chi connectivity index (χ3n) is 2.45. The summed E-state index contributed by atoms with van der Waals surface area (Å²) >= 11 is 5.24. The quantitative estimate of drug-likeness (QED) is 0.438. The summed E-state index contributed by atoms with van der Waals surface area (Å²) in [6.45, 7) is 0.136. The third-order valence-corrected chi connectivity index (χ3v) is 4.11. The van der Waals surface area contributed by atoms with Crippen LogP contribution in [0.25, 0.3) is 0 Å². The summed E-state index contributed by atoms with van der Waals surface area (Å²) in [5.41, 5.74) is 0.934. The summed E-state index contributed by atoms with van der Waals surface area (Å²) in [6.07, 6.45) is 1.96. The van der Waals surface area contributed by atoms with Gasteiger partial charge in [0.2, 0.25) is 0 Å². The SMILES string of the molecule is OCCCC(O)c1ccc(SCCCBr)cc1. The van der Waals surface area contributed by atoms with Gasteiger partial charge in [0.25, 0.3) is 0 Å². The number of aliphatic hydroxyl groups excluding tert-OH is 2. The molecule has 0 saturated carbocycles. The van der Waals surface area contributed by atoms with Crippen LogP contribution in [0.2, 0.25) is 0 Å². The summed E-state index contributed by atoms with van der Waals surface area (Å²) in [4.78, 5) is 1.24. The lowest BCUT2D eigenvalue weighted by atomic mass is 10.1. The second kappa shape index (κ2) is 8.97. The Morgan fingerprint density at radius 2 is 1.88 bits per heavy atom. The van der Waals surface area contributed by atoms with Crippen LogP contribution in [0.15, 0.2) is 29.2 Å². The Kier molecular flexibility index (Phi) is 7.93. The molecule has 0 spiro atoms. The molecule has 4 heteroatoms. The molecule has 0 fully saturated rings. The van der Waals surface area contributed by atoms with Gasteiger partial charge in [-0.15, -0.1) is 11.8 Å². The van der Waals surface area contributed by atoms with Crippen molar-refractivity contribution in [2.24, 2.45) is 0 Å². The van der Waals surface area contributed by atoms with Crippen LogP contribution in [0.1, 0.15) is 30.9 Å². The first kappa shape index (κ1) is 15.0. The molecular weight excluding hydrogens is 300 g/mol. The van der Waals surface area contributed by atoms with Crippen molar-refractivity contribution in [1.29, 1.82) is 0 Å². The fourth-order valence-corrected chi connectivity index (χ4v) is 2.99. The maximum absolute atomic E-state index is 9.83. The van der Waals surface area contributed by atoms with E-state index in [0.717, 1.165) is 23.1 Å². The summed E-state index contributed by atoms with van der Waals surface area (Å²) < 4.78 is 0. The molecule has 17 heavy (non-hydrogen) atoms. The molecule has 0 aliphatic rings. The lowest BCUT2D eigenvalue weighted by Crippen LogP contribution is -1.98. The lowest BCUT2D eigenvalue weighted by molar-refractivity contribution is 0.152. The third kappa shape index (κ3) is 5.91. The van der Waals surface area contributed by atoms with Gasteiger partial charge in [0.1, 0.15) is 0 Å². The van der Waals surface area contributed by atoms with E-state index < -0.39 is 6.10 Å². The first-order chi connectivity index (χ1) is 8.27. The molecule has 96 valence electrons. The maximum atomic E-state index is 9.83. The van der Waals surface area contributed by atoms with Crippen molar-refractivity contribution >= 4 is 27.7 Å². The highest BCUT2D eigenvalue weighted by molar-refractivity contribution is 9.09. The fourth-order valence-electron chi connectivity index (χ4n) is 1.48. The van der Waals surface area contributed by atoms with Crippen LogP contribution in [0, 0.1) is 0 Å². The smallest absolute Gasteiger partial charge is 0.0790 e. The molecule has 0 bridgehead atoms. The van der Waals surface area contributed by atoms with Crippen LogP contribution in [-0.4, -0.2) is 27.9 Å². The number of thioether (sulfide) groups is 1. The number of hydrogen-bond donors (Lipinski definition) is 2. The van der Waals surface area contributed by atoms with Gasteiger partial charge in [0, 0.05) is 16.8 Å². The zero-order valence-electron chi connectivity index (χ0n) is 9.81. The van der Waals surface area contributed by atoms with Crippen LogP contribution in [0.4, 0.5) is 0 Å². The van der Waals surface area contributed by atoms with E-state index in [0.29, 0.717) is 12.8 Å². The minimum absolute atomic E-state index is 0.136. The van der Waals surface area contributed by atoms with E-state index >= 15 is 0 Å². The Labute approximate surface area is 116 Å². The average Bonchev–Trinajstić information content (AvgIpc) is 2.37. The van der Waals surface area contributed by atoms with Gasteiger partial charge in [-0.1, -0.05) is 28.1 Å². The molecule has 0 amide bonds. The Morgan fingerprint density at radius 1 is 1.18 bits per heavy atom. The van der Waals surface area contributed by atoms with Crippen molar-refractivity contribution in [2.75, 3.05) is 17.7 Å². The molecule has 1 aromatic rings. The number of aliphatic hydroxyl groups is 2. The Bertz CT molecular complexity index is 303. The van der Waals surface area contributed by atoms with Gasteiger partial charge in [-0.05, 0) is 42.7 Å². The average molecular weight is 319 g/mol. The van der Waals surface area contributed by atoms with Gasteiger partial charge in [-0.2, -0.15) is 0 Å². The lowest BCUT2D eigenvalue weighted by Gasteiger charge is -2.10. The van der Waals surface area contributed by atoms with Crippen LogP contribution in [0.3, 0.4) is 0 Å². The van der Waals surface area contributed by atoms with E-state index in [2.05, 4.69) is 28.1 Å². The molecule has 0 aliphatic carbocycles. The predicted octanol–water partition coefficient (Wildman–Crippen LogP) is 3.37. The standard InChI is InChI=1S/C13H19BrO2S/c14-8-2-10-17-12-6-4-11(5-7-12)13(16)3-1-9-15/h4-7,13,15-16H,1-3,8-10H2. The first-order valence-corrected chi connectivity index (χ1v) is 7.96. The largest absolute Gasteiger partial charge is 0.396 e. The summed E-state index contributed by atoms with van der Waals surface area (Å²) in [5.74, 6) is 1.11. The molecule has 1 unspecified atom stereocenters. The molecule has 0 aromatic heterocycles. The van der Waals surface area contributed by atoms with Gasteiger partial charge in [0.05, 0.1) is 6.10 Å². The van der Waals surface area contributed by atoms with Gasteiger partial charge in [-0.25, -0.2) is 0 Å². The number of benzene rings is 1. The van der Waals surface area contributed by atoms with Crippen molar-refractivity contribution in [3.8, 4) is 0 Å². The van der Waals surface area contributed by atoms with Gasteiger partial charge >= 0.3 is 0 Å². The van der Waals surface area contributed by atoms with E-state index in [-0.39, 0.29) is 6.61 Å². The number of alkyl halides is 1. The van der Waals surface area contributed by atoms with Crippen molar-refractivity contribution in [3.05, 3.63) is 29.8 Å². The van der Waals surface area contributed by atoms with Gasteiger partial charge < -0.3 is 10.2 Å². The molecule has 2 N–H and O–H groups in total. The Balaban J connectivity index is 2.43. The van der Waals surface area contributed by atoms with Crippen molar-refractivity contribution in [3.63, 3.8) is 0 Å².